The fourth-order valence-electron chi connectivity index (χ4n) is 3.29. The van der Waals surface area contributed by atoms with Crippen molar-refractivity contribution >= 4 is 28.6 Å². The number of hydrogen-bond acceptors (Lipinski definition) is 3. The van der Waals surface area contributed by atoms with Gasteiger partial charge < -0.3 is 9.64 Å². The van der Waals surface area contributed by atoms with Crippen LogP contribution < -0.4 is 9.64 Å². The first-order chi connectivity index (χ1) is 11.8. The number of anilines is 2. The van der Waals surface area contributed by atoms with Crippen molar-refractivity contribution < 1.29 is 4.74 Å². The number of para-hydroxylation sites is 3. The van der Waals surface area contributed by atoms with E-state index in [0.29, 0.717) is 5.05 Å². The second-order valence-corrected chi connectivity index (χ2v) is 6.25. The highest BCUT2D eigenvalue weighted by molar-refractivity contribution is 7.80. The second-order valence-electron chi connectivity index (χ2n) is 5.84. The third-order valence-electron chi connectivity index (χ3n) is 4.42. The molecule has 0 saturated heterocycles. The third-order valence-corrected chi connectivity index (χ3v) is 4.73. The van der Waals surface area contributed by atoms with E-state index in [1.54, 1.807) is 0 Å². The minimum Gasteiger partial charge on any atom is -0.449 e. The maximum Gasteiger partial charge on any atom is 0.179 e. The zero-order valence-corrected chi connectivity index (χ0v) is 14.2. The van der Waals surface area contributed by atoms with E-state index in [-0.39, 0.29) is 5.92 Å². The molecular weight excluding hydrogens is 314 g/mol. The lowest BCUT2D eigenvalue weighted by molar-refractivity contribution is 0.543. The first kappa shape index (κ1) is 14.9. The summed E-state index contributed by atoms with van der Waals surface area (Å²) >= 11 is 5.71. The number of benzene rings is 3. The predicted octanol–water partition coefficient (Wildman–Crippen LogP) is 5.31. The molecule has 3 aromatic carbocycles. The van der Waals surface area contributed by atoms with Crippen LogP contribution in [0, 0.1) is 0 Å². The Morgan fingerprint density at radius 3 is 1.88 bits per heavy atom. The van der Waals surface area contributed by atoms with Crippen molar-refractivity contribution in [3.8, 4) is 5.75 Å². The van der Waals surface area contributed by atoms with E-state index in [1.807, 2.05) is 30.3 Å². The first-order valence-electron chi connectivity index (χ1n) is 7.94. The highest BCUT2D eigenvalue weighted by Gasteiger charge is 2.32. The molecule has 0 atom stereocenters. The largest absolute Gasteiger partial charge is 0.449 e. The normalized spacial score (nSPS) is 13.1. The Morgan fingerprint density at radius 1 is 0.792 bits per heavy atom. The lowest BCUT2D eigenvalue weighted by Gasteiger charge is -2.35. The maximum atomic E-state index is 6.02. The molecule has 0 amide bonds. The Morgan fingerprint density at radius 2 is 1.29 bits per heavy atom. The molecule has 0 aromatic heterocycles. The molecule has 4 rings (SSSR count). The second kappa shape index (κ2) is 6.10. The standard InChI is InChI=1S/C21H17NOS/c1-22-18-13-7-5-11-16(18)20(17-12-6-8-14-19(17)22)21(24)23-15-9-3-2-4-10-15/h2-14,20H,1H3. The molecule has 0 spiro atoms. The Bertz CT molecular complexity index is 844. The fraction of sp³-hybridized carbons (Fsp3) is 0.0952. The Kier molecular flexibility index (Phi) is 3.79. The van der Waals surface area contributed by atoms with Crippen molar-refractivity contribution in [2.45, 2.75) is 5.92 Å². The van der Waals surface area contributed by atoms with E-state index < -0.39 is 0 Å². The topological polar surface area (TPSA) is 12.5 Å². The molecule has 118 valence electrons. The van der Waals surface area contributed by atoms with E-state index in [2.05, 4.69) is 60.5 Å². The van der Waals surface area contributed by atoms with Gasteiger partial charge in [0.25, 0.3) is 0 Å². The van der Waals surface area contributed by atoms with Gasteiger partial charge in [-0.2, -0.15) is 0 Å². The van der Waals surface area contributed by atoms with Crippen LogP contribution in [0.1, 0.15) is 17.0 Å². The summed E-state index contributed by atoms with van der Waals surface area (Å²) in [6.07, 6.45) is 0. The average molecular weight is 331 g/mol. The van der Waals surface area contributed by atoms with Crippen LogP contribution >= 0.6 is 12.2 Å². The van der Waals surface area contributed by atoms with Crippen molar-refractivity contribution in [2.24, 2.45) is 0 Å². The smallest absolute Gasteiger partial charge is 0.179 e. The van der Waals surface area contributed by atoms with Gasteiger partial charge in [0.2, 0.25) is 0 Å². The van der Waals surface area contributed by atoms with Crippen molar-refractivity contribution in [3.63, 3.8) is 0 Å². The van der Waals surface area contributed by atoms with Crippen LogP contribution in [0.5, 0.6) is 5.75 Å². The SMILES string of the molecule is CN1c2ccccc2C(C(=S)Oc2ccccc2)c2ccccc21. The number of rotatable bonds is 2. The van der Waals surface area contributed by atoms with Gasteiger partial charge in [-0.3, -0.25) is 0 Å². The number of ether oxygens (including phenoxy) is 1. The van der Waals surface area contributed by atoms with Crippen molar-refractivity contribution in [1.29, 1.82) is 0 Å². The molecule has 1 aliphatic heterocycles. The summed E-state index contributed by atoms with van der Waals surface area (Å²) in [6.45, 7) is 0. The van der Waals surface area contributed by atoms with Gasteiger partial charge in [-0.05, 0) is 47.6 Å². The quantitative estimate of drug-likeness (QED) is 0.591. The summed E-state index contributed by atoms with van der Waals surface area (Å²) in [7, 11) is 2.09. The van der Waals surface area contributed by atoms with E-state index in [0.717, 1.165) is 5.75 Å². The van der Waals surface area contributed by atoms with Crippen molar-refractivity contribution in [3.05, 3.63) is 90.0 Å². The average Bonchev–Trinajstić information content (AvgIpc) is 2.63. The minimum absolute atomic E-state index is 0.0520. The Hall–Kier alpha value is -2.65. The van der Waals surface area contributed by atoms with Gasteiger partial charge in [0.1, 0.15) is 5.75 Å². The molecule has 24 heavy (non-hydrogen) atoms. The number of hydrogen-bond donors (Lipinski definition) is 0. The molecule has 2 nitrogen and oxygen atoms in total. The maximum absolute atomic E-state index is 6.02. The van der Waals surface area contributed by atoms with Gasteiger partial charge in [0.15, 0.2) is 5.05 Å². The van der Waals surface area contributed by atoms with Gasteiger partial charge in [0.05, 0.1) is 5.92 Å². The molecule has 0 unspecified atom stereocenters. The van der Waals surface area contributed by atoms with Crippen LogP contribution in [0.3, 0.4) is 0 Å². The van der Waals surface area contributed by atoms with Gasteiger partial charge >= 0.3 is 0 Å². The van der Waals surface area contributed by atoms with Crippen LogP contribution in [0.25, 0.3) is 0 Å². The van der Waals surface area contributed by atoms with Crippen LogP contribution in [0.4, 0.5) is 11.4 Å². The monoisotopic (exact) mass is 331 g/mol. The fourth-order valence-corrected chi connectivity index (χ4v) is 3.64. The molecule has 0 radical (unpaired) electrons. The zero-order valence-electron chi connectivity index (χ0n) is 13.3. The van der Waals surface area contributed by atoms with Crippen molar-refractivity contribution in [1.82, 2.24) is 0 Å². The summed E-state index contributed by atoms with van der Waals surface area (Å²) in [5.41, 5.74) is 4.69. The first-order valence-corrected chi connectivity index (χ1v) is 8.35. The molecule has 0 N–H and O–H groups in total. The highest BCUT2D eigenvalue weighted by Crippen LogP contribution is 2.45. The molecule has 1 aliphatic rings. The highest BCUT2D eigenvalue weighted by atomic mass is 32.1. The van der Waals surface area contributed by atoms with Gasteiger partial charge in [-0.1, -0.05) is 54.6 Å². The summed E-state index contributed by atoms with van der Waals surface area (Å²) in [4.78, 5) is 2.21. The molecule has 3 aromatic rings. The summed E-state index contributed by atoms with van der Waals surface area (Å²) in [5, 5.41) is 0.578. The summed E-state index contributed by atoms with van der Waals surface area (Å²) < 4.78 is 6.02. The Labute approximate surface area is 147 Å². The molecule has 3 heteroatoms. The van der Waals surface area contributed by atoms with Crippen LogP contribution in [0.15, 0.2) is 78.9 Å². The van der Waals surface area contributed by atoms with Gasteiger partial charge in [-0.25, -0.2) is 0 Å². The van der Waals surface area contributed by atoms with Crippen LogP contribution in [0.2, 0.25) is 0 Å². The van der Waals surface area contributed by atoms with E-state index in [1.165, 1.54) is 22.5 Å². The molecule has 0 saturated carbocycles. The number of fused-ring (bicyclic) bond motifs is 2. The lowest BCUT2D eigenvalue weighted by Crippen LogP contribution is -2.27. The molecule has 0 bridgehead atoms. The third kappa shape index (κ3) is 2.47. The van der Waals surface area contributed by atoms with Crippen molar-refractivity contribution in [2.75, 3.05) is 11.9 Å². The van der Waals surface area contributed by atoms with E-state index in [4.69, 9.17) is 17.0 Å². The number of thiocarbonyl (C=S) groups is 1. The number of nitrogens with zero attached hydrogens (tertiary/aromatic N) is 1. The summed E-state index contributed by atoms with van der Waals surface area (Å²) in [5.74, 6) is 0.722. The van der Waals surface area contributed by atoms with Gasteiger partial charge in [0, 0.05) is 18.4 Å². The lowest BCUT2D eigenvalue weighted by atomic mass is 9.85. The molecule has 0 aliphatic carbocycles. The molecular formula is C21H17NOS. The summed E-state index contributed by atoms with van der Waals surface area (Å²) in [6, 6.07) is 26.5. The van der Waals surface area contributed by atoms with Crippen LogP contribution in [-0.4, -0.2) is 12.1 Å². The predicted molar refractivity (Wildman–Crippen MR) is 102 cm³/mol. The van der Waals surface area contributed by atoms with Crippen LogP contribution in [-0.2, 0) is 0 Å². The Balaban J connectivity index is 1.80. The van der Waals surface area contributed by atoms with Gasteiger partial charge in [-0.15, -0.1) is 0 Å². The molecule has 1 heterocycles. The van der Waals surface area contributed by atoms with E-state index >= 15 is 0 Å². The zero-order chi connectivity index (χ0) is 16.5. The minimum atomic E-state index is -0.0520. The van der Waals surface area contributed by atoms with E-state index in [9.17, 15) is 0 Å². The molecule has 0 fully saturated rings.